The van der Waals surface area contributed by atoms with Crippen LogP contribution in [-0.2, 0) is 10.3 Å². The van der Waals surface area contributed by atoms with Crippen molar-refractivity contribution in [1.82, 2.24) is 20.2 Å². The number of carboxylic acids is 1. The first-order chi connectivity index (χ1) is 9.54. The zero-order valence-corrected chi connectivity index (χ0v) is 12.5. The highest BCUT2D eigenvalue weighted by Gasteiger charge is 2.49. The zero-order valence-electron chi connectivity index (χ0n) is 10.9. The van der Waals surface area contributed by atoms with Crippen LogP contribution in [0.1, 0.15) is 24.8 Å². The summed E-state index contributed by atoms with van der Waals surface area (Å²) in [4.78, 5) is 11.6. The molecule has 1 aliphatic carbocycles. The Labute approximate surface area is 123 Å². The summed E-state index contributed by atoms with van der Waals surface area (Å²) < 4.78 is 2.37. The van der Waals surface area contributed by atoms with Crippen LogP contribution >= 0.6 is 15.9 Å². The normalized spacial score (nSPS) is 16.7. The van der Waals surface area contributed by atoms with Crippen molar-refractivity contribution in [3.8, 4) is 11.4 Å². The molecule has 3 rings (SSSR count). The first kappa shape index (κ1) is 13.2. The molecule has 0 amide bonds. The number of aromatic nitrogens is 4. The Bertz CT molecular complexity index is 679. The second-order valence-electron chi connectivity index (χ2n) is 5.06. The van der Waals surface area contributed by atoms with E-state index in [1.807, 2.05) is 25.1 Å². The van der Waals surface area contributed by atoms with Crippen LogP contribution in [0, 0.1) is 6.92 Å². The van der Waals surface area contributed by atoms with Crippen molar-refractivity contribution < 1.29 is 9.90 Å². The Morgan fingerprint density at radius 3 is 2.80 bits per heavy atom. The summed E-state index contributed by atoms with van der Waals surface area (Å²) in [7, 11) is 0. The standard InChI is InChI=1S/C13H13BrN4O2/c1-8-3-4-9(14)7-10(8)11-15-16-17-18(11)13(12(19)20)5-2-6-13/h3-4,7H,2,5-6H2,1H3,(H,19,20). The molecule has 0 bridgehead atoms. The summed E-state index contributed by atoms with van der Waals surface area (Å²) in [5, 5.41) is 21.2. The molecule has 0 radical (unpaired) electrons. The number of rotatable bonds is 3. The molecule has 0 spiro atoms. The number of hydrogen-bond donors (Lipinski definition) is 1. The second-order valence-corrected chi connectivity index (χ2v) is 5.98. The SMILES string of the molecule is Cc1ccc(Br)cc1-c1nnnn1C1(C(=O)O)CCC1. The molecule has 0 atom stereocenters. The molecule has 104 valence electrons. The maximum absolute atomic E-state index is 11.6. The molecular weight excluding hydrogens is 324 g/mol. The summed E-state index contributed by atoms with van der Waals surface area (Å²) in [5.74, 6) is -0.365. The Kier molecular flexibility index (Phi) is 3.08. The van der Waals surface area contributed by atoms with E-state index in [4.69, 9.17) is 0 Å². The van der Waals surface area contributed by atoms with Crippen LogP contribution in [0.15, 0.2) is 22.7 Å². The summed E-state index contributed by atoms with van der Waals surface area (Å²) in [5.41, 5.74) is 0.856. The highest BCUT2D eigenvalue weighted by atomic mass is 79.9. The van der Waals surface area contributed by atoms with Crippen molar-refractivity contribution in [2.45, 2.75) is 31.7 Å². The third-order valence-electron chi connectivity index (χ3n) is 3.89. The van der Waals surface area contributed by atoms with E-state index in [1.54, 1.807) is 0 Å². The number of tetrazole rings is 1. The van der Waals surface area contributed by atoms with Crippen LogP contribution in [0.4, 0.5) is 0 Å². The molecule has 1 fully saturated rings. The third-order valence-corrected chi connectivity index (χ3v) is 4.39. The van der Waals surface area contributed by atoms with Crippen molar-refractivity contribution in [1.29, 1.82) is 0 Å². The van der Waals surface area contributed by atoms with Crippen LogP contribution in [0.5, 0.6) is 0 Å². The average Bonchev–Trinajstić information content (AvgIpc) is 2.80. The highest BCUT2D eigenvalue weighted by Crippen LogP contribution is 2.41. The second kappa shape index (κ2) is 4.66. The van der Waals surface area contributed by atoms with Gasteiger partial charge in [0.25, 0.3) is 0 Å². The molecule has 6 nitrogen and oxygen atoms in total. The molecule has 7 heteroatoms. The Hall–Kier alpha value is -1.76. The summed E-state index contributed by atoms with van der Waals surface area (Å²) in [6.07, 6.45) is 2.00. The van der Waals surface area contributed by atoms with E-state index < -0.39 is 11.5 Å². The Morgan fingerprint density at radius 2 is 2.20 bits per heavy atom. The lowest BCUT2D eigenvalue weighted by Gasteiger charge is -2.37. The van der Waals surface area contributed by atoms with Gasteiger partial charge in [0.2, 0.25) is 0 Å². The first-order valence-corrected chi connectivity index (χ1v) is 7.13. The lowest BCUT2D eigenvalue weighted by molar-refractivity contribution is -0.153. The van der Waals surface area contributed by atoms with Crippen LogP contribution in [0.2, 0.25) is 0 Å². The molecule has 1 aliphatic rings. The van der Waals surface area contributed by atoms with Crippen molar-refractivity contribution in [2.24, 2.45) is 0 Å². The average molecular weight is 337 g/mol. The fourth-order valence-corrected chi connectivity index (χ4v) is 2.87. The zero-order chi connectivity index (χ0) is 14.3. The van der Waals surface area contributed by atoms with Crippen LogP contribution in [0.25, 0.3) is 11.4 Å². The van der Waals surface area contributed by atoms with Gasteiger partial charge in [0.15, 0.2) is 11.4 Å². The maximum Gasteiger partial charge on any atom is 0.331 e. The summed E-state index contributed by atoms with van der Waals surface area (Å²) in [6, 6.07) is 5.79. The number of carbonyl (C=O) groups is 1. The van der Waals surface area contributed by atoms with E-state index in [2.05, 4.69) is 31.5 Å². The van der Waals surface area contributed by atoms with E-state index in [1.165, 1.54) is 4.68 Å². The van der Waals surface area contributed by atoms with Gasteiger partial charge in [-0.15, -0.1) is 5.10 Å². The van der Waals surface area contributed by atoms with Crippen molar-refractivity contribution >= 4 is 21.9 Å². The van der Waals surface area contributed by atoms with E-state index in [-0.39, 0.29) is 0 Å². The minimum absolute atomic E-state index is 0.505. The largest absolute Gasteiger partial charge is 0.479 e. The molecule has 0 saturated heterocycles. The van der Waals surface area contributed by atoms with Gasteiger partial charge in [0, 0.05) is 10.0 Å². The van der Waals surface area contributed by atoms with Crippen molar-refractivity contribution in [2.75, 3.05) is 0 Å². The van der Waals surface area contributed by atoms with Crippen LogP contribution in [-0.4, -0.2) is 31.3 Å². The molecule has 1 N–H and O–H groups in total. The van der Waals surface area contributed by atoms with Crippen molar-refractivity contribution in [3.05, 3.63) is 28.2 Å². The molecule has 0 aliphatic heterocycles. The Balaban J connectivity index is 2.16. The van der Waals surface area contributed by atoms with Crippen LogP contribution < -0.4 is 0 Å². The minimum atomic E-state index is -0.992. The number of benzene rings is 1. The number of nitrogens with zero attached hydrogens (tertiary/aromatic N) is 4. The topological polar surface area (TPSA) is 80.9 Å². The predicted octanol–water partition coefficient (Wildman–Crippen LogP) is 2.37. The molecule has 1 saturated carbocycles. The number of aryl methyl sites for hydroxylation is 1. The highest BCUT2D eigenvalue weighted by molar-refractivity contribution is 9.10. The fourth-order valence-electron chi connectivity index (χ4n) is 2.51. The van der Waals surface area contributed by atoms with E-state index in [9.17, 15) is 9.90 Å². The van der Waals surface area contributed by atoms with Gasteiger partial charge in [-0.25, -0.2) is 9.48 Å². The Morgan fingerprint density at radius 1 is 1.45 bits per heavy atom. The van der Waals surface area contributed by atoms with E-state index in [0.29, 0.717) is 18.7 Å². The maximum atomic E-state index is 11.6. The van der Waals surface area contributed by atoms with Gasteiger partial charge in [-0.05, 0) is 54.3 Å². The van der Waals surface area contributed by atoms with Crippen molar-refractivity contribution in [3.63, 3.8) is 0 Å². The molecule has 20 heavy (non-hydrogen) atoms. The molecule has 0 unspecified atom stereocenters. The minimum Gasteiger partial charge on any atom is -0.479 e. The number of carboxylic acid groups (broad SMARTS) is 1. The van der Waals surface area contributed by atoms with Gasteiger partial charge in [0.1, 0.15) is 0 Å². The monoisotopic (exact) mass is 336 g/mol. The third kappa shape index (κ3) is 1.84. The fraction of sp³-hybridized carbons (Fsp3) is 0.385. The predicted molar refractivity (Wildman–Crippen MR) is 75.2 cm³/mol. The quantitative estimate of drug-likeness (QED) is 0.930. The van der Waals surface area contributed by atoms with Gasteiger partial charge in [-0.1, -0.05) is 22.0 Å². The van der Waals surface area contributed by atoms with Gasteiger partial charge in [-0.3, -0.25) is 0 Å². The number of halogens is 1. The number of hydrogen-bond acceptors (Lipinski definition) is 4. The molecule has 1 aromatic heterocycles. The molecule has 2 aromatic rings. The number of aliphatic carboxylic acids is 1. The van der Waals surface area contributed by atoms with E-state index >= 15 is 0 Å². The molecule has 1 heterocycles. The molecular formula is C13H13BrN4O2. The summed E-state index contributed by atoms with van der Waals surface area (Å²) in [6.45, 7) is 1.95. The van der Waals surface area contributed by atoms with Gasteiger partial charge < -0.3 is 5.11 Å². The lowest BCUT2D eigenvalue weighted by Crippen LogP contribution is -2.48. The van der Waals surface area contributed by atoms with E-state index in [0.717, 1.165) is 22.0 Å². The first-order valence-electron chi connectivity index (χ1n) is 6.33. The van der Waals surface area contributed by atoms with Gasteiger partial charge >= 0.3 is 5.97 Å². The van der Waals surface area contributed by atoms with Gasteiger partial charge in [-0.2, -0.15) is 0 Å². The smallest absolute Gasteiger partial charge is 0.331 e. The van der Waals surface area contributed by atoms with Crippen LogP contribution in [0.3, 0.4) is 0 Å². The van der Waals surface area contributed by atoms with Gasteiger partial charge in [0.05, 0.1) is 0 Å². The lowest BCUT2D eigenvalue weighted by atomic mass is 9.76. The molecule has 1 aromatic carbocycles. The summed E-state index contributed by atoms with van der Waals surface area (Å²) >= 11 is 3.42.